The smallest absolute Gasteiger partial charge is 0.356 e. The predicted octanol–water partition coefficient (Wildman–Crippen LogP) is 2.58. The monoisotopic (exact) mass is 479 g/mol. The number of rotatable bonds is 7. The molecule has 0 aliphatic carbocycles. The summed E-state index contributed by atoms with van der Waals surface area (Å²) in [7, 11) is 3.07. The lowest BCUT2D eigenvalue weighted by atomic mass is 10.4. The van der Waals surface area contributed by atoms with Gasteiger partial charge < -0.3 is 10.6 Å². The molecule has 0 fully saturated rings. The number of guanidine groups is 1. The van der Waals surface area contributed by atoms with Gasteiger partial charge in [0.25, 0.3) is 0 Å². The lowest BCUT2D eigenvalue weighted by Crippen LogP contribution is -2.42. The summed E-state index contributed by atoms with van der Waals surface area (Å²) in [5.74, 6) is 0.579. The van der Waals surface area contributed by atoms with E-state index < -0.39 is 12.7 Å². The van der Waals surface area contributed by atoms with E-state index in [0.717, 1.165) is 17.1 Å². The number of thiazole rings is 1. The molecule has 0 radical (unpaired) electrons. The van der Waals surface area contributed by atoms with Crippen LogP contribution < -0.4 is 10.6 Å². The minimum absolute atomic E-state index is 0. The van der Waals surface area contributed by atoms with Crippen LogP contribution in [0.25, 0.3) is 0 Å². The molecule has 0 aliphatic heterocycles. The minimum Gasteiger partial charge on any atom is -0.356 e. The van der Waals surface area contributed by atoms with Crippen LogP contribution in [-0.4, -0.2) is 62.3 Å². The maximum absolute atomic E-state index is 12.2. The second-order valence-corrected chi connectivity index (χ2v) is 6.57. The highest BCUT2D eigenvalue weighted by Crippen LogP contribution is 2.16. The number of hydrogen-bond acceptors (Lipinski definition) is 4. The van der Waals surface area contributed by atoms with Crippen LogP contribution in [0.3, 0.4) is 0 Å². The minimum atomic E-state index is -4.17. The molecule has 1 aromatic rings. The van der Waals surface area contributed by atoms with Crippen molar-refractivity contribution in [1.82, 2.24) is 20.5 Å². The molecule has 0 amide bonds. The van der Waals surface area contributed by atoms with Gasteiger partial charge in [0, 0.05) is 38.0 Å². The molecule has 5 nitrogen and oxygen atoms in total. The molecule has 0 saturated heterocycles. The standard InChI is InChI=1S/C14H24F3N5S.HI/c1-10-11(2)23-12(21-10)5-6-19-13(18-3)20-7-8-22(4)9-14(15,16)17;/h5-9H2,1-4H3,(H2,18,19,20);1H. The van der Waals surface area contributed by atoms with Crippen molar-refractivity contribution in [2.45, 2.75) is 26.4 Å². The van der Waals surface area contributed by atoms with Gasteiger partial charge in [-0.1, -0.05) is 0 Å². The summed E-state index contributed by atoms with van der Waals surface area (Å²) in [5.41, 5.74) is 1.06. The summed E-state index contributed by atoms with van der Waals surface area (Å²) in [6.07, 6.45) is -3.38. The van der Waals surface area contributed by atoms with Crippen LogP contribution in [0.1, 0.15) is 15.6 Å². The Bertz CT molecular complexity index is 499. The summed E-state index contributed by atoms with van der Waals surface area (Å²) in [5, 5.41) is 7.20. The number of halogens is 4. The van der Waals surface area contributed by atoms with E-state index in [1.807, 2.05) is 13.8 Å². The first-order chi connectivity index (χ1) is 10.7. The summed E-state index contributed by atoms with van der Waals surface area (Å²) in [4.78, 5) is 10.9. The van der Waals surface area contributed by atoms with Crippen LogP contribution >= 0.6 is 35.3 Å². The van der Waals surface area contributed by atoms with E-state index in [9.17, 15) is 13.2 Å². The average Bonchev–Trinajstić information content (AvgIpc) is 2.74. The van der Waals surface area contributed by atoms with Crippen molar-refractivity contribution in [2.75, 3.05) is 40.3 Å². The molecular formula is C14H25F3IN5S. The van der Waals surface area contributed by atoms with E-state index in [0.29, 0.717) is 19.0 Å². The highest BCUT2D eigenvalue weighted by molar-refractivity contribution is 14.0. The molecule has 140 valence electrons. The SMILES string of the molecule is CN=C(NCCc1nc(C)c(C)s1)NCCN(C)CC(F)(F)F.I. The van der Waals surface area contributed by atoms with Crippen molar-refractivity contribution in [3.05, 3.63) is 15.6 Å². The molecule has 0 unspecified atom stereocenters. The highest BCUT2D eigenvalue weighted by Gasteiger charge is 2.28. The fourth-order valence-electron chi connectivity index (χ4n) is 1.90. The number of nitrogens with zero attached hydrogens (tertiary/aromatic N) is 3. The first-order valence-corrected chi connectivity index (χ1v) is 8.15. The quantitative estimate of drug-likeness (QED) is 0.359. The third-order valence-corrected chi connectivity index (χ3v) is 4.30. The van der Waals surface area contributed by atoms with Crippen LogP contribution in [0.2, 0.25) is 0 Å². The number of nitrogens with one attached hydrogen (secondary N) is 2. The maximum Gasteiger partial charge on any atom is 0.401 e. The molecule has 1 heterocycles. The molecule has 0 atom stereocenters. The second-order valence-electron chi connectivity index (χ2n) is 5.28. The lowest BCUT2D eigenvalue weighted by Gasteiger charge is -2.19. The molecular weight excluding hydrogens is 454 g/mol. The van der Waals surface area contributed by atoms with Crippen molar-refractivity contribution in [3.63, 3.8) is 0 Å². The van der Waals surface area contributed by atoms with Crippen molar-refractivity contribution in [1.29, 1.82) is 0 Å². The van der Waals surface area contributed by atoms with Crippen LogP contribution in [0.4, 0.5) is 13.2 Å². The average molecular weight is 479 g/mol. The van der Waals surface area contributed by atoms with Crippen molar-refractivity contribution in [3.8, 4) is 0 Å². The van der Waals surface area contributed by atoms with Crippen LogP contribution in [-0.2, 0) is 6.42 Å². The van der Waals surface area contributed by atoms with Crippen molar-refractivity contribution < 1.29 is 13.2 Å². The van der Waals surface area contributed by atoms with Gasteiger partial charge >= 0.3 is 6.18 Å². The zero-order chi connectivity index (χ0) is 17.5. The Labute approximate surface area is 162 Å². The number of hydrogen-bond donors (Lipinski definition) is 2. The van der Waals surface area contributed by atoms with Crippen molar-refractivity contribution in [2.24, 2.45) is 4.99 Å². The molecule has 2 N–H and O–H groups in total. The van der Waals surface area contributed by atoms with Gasteiger partial charge in [-0.05, 0) is 20.9 Å². The molecule has 24 heavy (non-hydrogen) atoms. The topological polar surface area (TPSA) is 52.6 Å². The van der Waals surface area contributed by atoms with Gasteiger partial charge in [-0.25, -0.2) is 4.98 Å². The number of aromatic nitrogens is 1. The second kappa shape index (κ2) is 11.1. The van der Waals surface area contributed by atoms with E-state index in [2.05, 4.69) is 20.6 Å². The van der Waals surface area contributed by atoms with Gasteiger partial charge in [0.1, 0.15) is 0 Å². The van der Waals surface area contributed by atoms with Gasteiger partial charge in [-0.15, -0.1) is 35.3 Å². The largest absolute Gasteiger partial charge is 0.401 e. The molecule has 0 saturated carbocycles. The van der Waals surface area contributed by atoms with E-state index in [1.54, 1.807) is 18.4 Å². The van der Waals surface area contributed by atoms with Gasteiger partial charge in [0.2, 0.25) is 0 Å². The molecule has 0 spiro atoms. The zero-order valence-electron chi connectivity index (χ0n) is 14.3. The Hall–Kier alpha value is -0.620. The third-order valence-electron chi connectivity index (χ3n) is 3.16. The zero-order valence-corrected chi connectivity index (χ0v) is 17.5. The predicted molar refractivity (Wildman–Crippen MR) is 104 cm³/mol. The Kier molecular flexibility index (Phi) is 10.8. The van der Waals surface area contributed by atoms with Crippen molar-refractivity contribution >= 4 is 41.3 Å². The number of alkyl halides is 3. The first kappa shape index (κ1) is 23.4. The van der Waals surface area contributed by atoms with Gasteiger partial charge in [0.05, 0.1) is 17.2 Å². The molecule has 1 aromatic heterocycles. The summed E-state index contributed by atoms with van der Waals surface area (Å²) >= 11 is 1.68. The third kappa shape index (κ3) is 9.62. The number of aryl methyl sites for hydroxylation is 2. The fourth-order valence-corrected chi connectivity index (χ4v) is 2.84. The number of likely N-dealkylation sites (N-methyl/N-ethyl adjacent to an activating group) is 1. The van der Waals surface area contributed by atoms with E-state index >= 15 is 0 Å². The fraction of sp³-hybridized carbons (Fsp3) is 0.714. The van der Waals surface area contributed by atoms with Crippen LogP contribution in [0, 0.1) is 13.8 Å². The summed E-state index contributed by atoms with van der Waals surface area (Å²) < 4.78 is 36.6. The first-order valence-electron chi connectivity index (χ1n) is 7.34. The Balaban J connectivity index is 0.00000529. The normalized spacial score (nSPS) is 12.2. The van der Waals surface area contributed by atoms with E-state index in [4.69, 9.17) is 0 Å². The highest BCUT2D eigenvalue weighted by atomic mass is 127. The summed E-state index contributed by atoms with van der Waals surface area (Å²) in [6.45, 7) is 4.46. The molecule has 0 bridgehead atoms. The Morgan fingerprint density at radius 1 is 1.25 bits per heavy atom. The van der Waals surface area contributed by atoms with E-state index in [1.165, 1.54) is 16.8 Å². The molecule has 10 heteroatoms. The Morgan fingerprint density at radius 3 is 2.38 bits per heavy atom. The number of aliphatic imine (C=N–C) groups is 1. The van der Waals surface area contributed by atoms with Crippen LogP contribution in [0.5, 0.6) is 0 Å². The molecule has 1 rings (SSSR count). The van der Waals surface area contributed by atoms with Gasteiger partial charge in [-0.2, -0.15) is 13.2 Å². The summed E-state index contributed by atoms with van der Waals surface area (Å²) in [6, 6.07) is 0. The van der Waals surface area contributed by atoms with Gasteiger partial charge in [-0.3, -0.25) is 9.89 Å². The lowest BCUT2D eigenvalue weighted by molar-refractivity contribution is -0.142. The Morgan fingerprint density at radius 2 is 1.88 bits per heavy atom. The van der Waals surface area contributed by atoms with E-state index in [-0.39, 0.29) is 30.5 Å². The maximum atomic E-state index is 12.2. The van der Waals surface area contributed by atoms with Gasteiger partial charge in [0.15, 0.2) is 5.96 Å². The molecule has 0 aromatic carbocycles. The molecule has 0 aliphatic rings. The van der Waals surface area contributed by atoms with Crippen LogP contribution in [0.15, 0.2) is 4.99 Å².